The number of amides is 3. The fourth-order valence-corrected chi connectivity index (χ4v) is 5.00. The molecule has 0 aromatic heterocycles. The molecule has 5 atom stereocenters. The number of likely N-dealkylation sites (tertiary alicyclic amines) is 1. The highest BCUT2D eigenvalue weighted by Crippen LogP contribution is 2.46. The van der Waals surface area contributed by atoms with Crippen molar-refractivity contribution in [2.24, 2.45) is 11.3 Å². The van der Waals surface area contributed by atoms with Gasteiger partial charge in [-0.25, -0.2) is 9.59 Å². The van der Waals surface area contributed by atoms with Gasteiger partial charge in [0.15, 0.2) is 0 Å². The molecule has 2 rings (SSSR count). The van der Waals surface area contributed by atoms with E-state index in [2.05, 4.69) is 21.4 Å². The molecular formula is C25H38F3N3O9S. The van der Waals surface area contributed by atoms with E-state index in [9.17, 15) is 40.8 Å². The molecule has 0 unspecified atom stereocenters. The van der Waals surface area contributed by atoms with Gasteiger partial charge in [-0.15, -0.1) is 6.58 Å². The summed E-state index contributed by atoms with van der Waals surface area (Å²) in [4.78, 5) is 53.3. The molecule has 0 spiro atoms. The van der Waals surface area contributed by atoms with Gasteiger partial charge in [0.2, 0.25) is 11.8 Å². The maximum Gasteiger partial charge on any atom is 0.523 e. The van der Waals surface area contributed by atoms with Gasteiger partial charge in [0.05, 0.1) is 12.7 Å². The standard InChI is InChI=1S/C25H38F3N3O9S/c1-9-14-12-24(14,20(34)38-10-2)30-18(32)16-11-15(40-41(36,37)25(26,27)28)13-31(16)19(33)17(22(3,4)5)29-21(35)39-23(6,7)8/h9,14-17H,1,10-13H2,2-8H3,(H,29,35)(H,30,32)/t14-,15+,16-,17+,24+/m0/s1. The van der Waals surface area contributed by atoms with Crippen LogP contribution in [0.25, 0.3) is 0 Å². The molecule has 0 aromatic carbocycles. The highest BCUT2D eigenvalue weighted by molar-refractivity contribution is 7.87. The van der Waals surface area contributed by atoms with Crippen molar-refractivity contribution in [1.82, 2.24) is 15.5 Å². The molecule has 234 valence electrons. The Hall–Kier alpha value is -2.88. The summed E-state index contributed by atoms with van der Waals surface area (Å²) in [6.07, 6.45) is -1.80. The molecule has 2 N–H and O–H groups in total. The van der Waals surface area contributed by atoms with E-state index in [4.69, 9.17) is 9.47 Å². The topological polar surface area (TPSA) is 157 Å². The second kappa shape index (κ2) is 11.8. The van der Waals surface area contributed by atoms with E-state index >= 15 is 0 Å². The quantitative estimate of drug-likeness (QED) is 0.172. The Labute approximate surface area is 237 Å². The lowest BCUT2D eigenvalue weighted by Gasteiger charge is -2.36. The van der Waals surface area contributed by atoms with Crippen LogP contribution in [0.15, 0.2) is 12.7 Å². The minimum Gasteiger partial charge on any atom is -0.464 e. The molecular weight excluding hydrogens is 575 g/mol. The molecule has 41 heavy (non-hydrogen) atoms. The Morgan fingerprint density at radius 3 is 2.15 bits per heavy atom. The normalized spacial score (nSPS) is 25.6. The molecule has 1 heterocycles. The largest absolute Gasteiger partial charge is 0.523 e. The number of carbonyl (C=O) groups is 4. The Balaban J connectivity index is 2.44. The molecule has 3 amide bonds. The van der Waals surface area contributed by atoms with Crippen LogP contribution < -0.4 is 10.6 Å². The van der Waals surface area contributed by atoms with Crippen molar-refractivity contribution in [2.75, 3.05) is 13.2 Å². The minimum atomic E-state index is -6.07. The number of rotatable bonds is 9. The summed E-state index contributed by atoms with van der Waals surface area (Å²) in [5.74, 6) is -3.12. The zero-order valence-corrected chi connectivity index (χ0v) is 24.9. The van der Waals surface area contributed by atoms with Gasteiger partial charge in [0.1, 0.15) is 23.2 Å². The van der Waals surface area contributed by atoms with Crippen LogP contribution >= 0.6 is 0 Å². The summed E-state index contributed by atoms with van der Waals surface area (Å²) in [5, 5.41) is 4.96. The average molecular weight is 614 g/mol. The average Bonchev–Trinajstić information content (AvgIpc) is 3.34. The zero-order valence-electron chi connectivity index (χ0n) is 24.1. The molecule has 1 aliphatic carbocycles. The molecule has 1 saturated carbocycles. The van der Waals surface area contributed by atoms with Crippen LogP contribution in [0.2, 0.25) is 0 Å². The van der Waals surface area contributed by atoms with Crippen LogP contribution in [0.5, 0.6) is 0 Å². The number of hydrogen-bond donors (Lipinski definition) is 2. The molecule has 2 aliphatic rings. The highest BCUT2D eigenvalue weighted by Gasteiger charge is 2.62. The second-order valence-corrected chi connectivity index (χ2v) is 13.6. The van der Waals surface area contributed by atoms with E-state index in [0.29, 0.717) is 0 Å². The second-order valence-electron chi connectivity index (χ2n) is 12.0. The summed E-state index contributed by atoms with van der Waals surface area (Å²) < 4.78 is 77.2. The smallest absolute Gasteiger partial charge is 0.464 e. The van der Waals surface area contributed by atoms with Gasteiger partial charge in [0, 0.05) is 18.9 Å². The molecule has 1 saturated heterocycles. The number of nitrogens with one attached hydrogen (secondary N) is 2. The van der Waals surface area contributed by atoms with Gasteiger partial charge < -0.3 is 25.0 Å². The lowest BCUT2D eigenvalue weighted by Crippen LogP contribution is -2.59. The fraction of sp³-hybridized carbons (Fsp3) is 0.760. The third kappa shape index (κ3) is 8.11. The van der Waals surface area contributed by atoms with E-state index in [1.54, 1.807) is 48.5 Å². The summed E-state index contributed by atoms with van der Waals surface area (Å²) >= 11 is 0. The first-order valence-electron chi connectivity index (χ1n) is 12.9. The third-order valence-corrected chi connectivity index (χ3v) is 7.55. The molecule has 1 aliphatic heterocycles. The van der Waals surface area contributed by atoms with Crippen LogP contribution in [-0.2, 0) is 38.2 Å². The summed E-state index contributed by atoms with van der Waals surface area (Å²) in [6.45, 7) is 14.0. The van der Waals surface area contributed by atoms with Crippen molar-refractivity contribution >= 4 is 34.0 Å². The monoisotopic (exact) mass is 613 g/mol. The van der Waals surface area contributed by atoms with Crippen LogP contribution in [0.3, 0.4) is 0 Å². The van der Waals surface area contributed by atoms with Gasteiger partial charge in [-0.1, -0.05) is 26.8 Å². The number of alkyl halides is 3. The van der Waals surface area contributed by atoms with Crippen LogP contribution in [0.1, 0.15) is 61.3 Å². The van der Waals surface area contributed by atoms with Crippen LogP contribution in [0.4, 0.5) is 18.0 Å². The van der Waals surface area contributed by atoms with Gasteiger partial charge in [0.25, 0.3) is 0 Å². The minimum absolute atomic E-state index is 0.00314. The predicted octanol–water partition coefficient (Wildman–Crippen LogP) is 2.39. The molecule has 0 bridgehead atoms. The van der Waals surface area contributed by atoms with E-state index in [-0.39, 0.29) is 13.0 Å². The predicted molar refractivity (Wildman–Crippen MR) is 138 cm³/mol. The van der Waals surface area contributed by atoms with E-state index in [0.717, 1.165) is 4.90 Å². The van der Waals surface area contributed by atoms with Gasteiger partial charge in [-0.2, -0.15) is 21.6 Å². The van der Waals surface area contributed by atoms with Gasteiger partial charge >= 0.3 is 27.7 Å². The van der Waals surface area contributed by atoms with Crippen molar-refractivity contribution in [2.45, 2.75) is 96.1 Å². The van der Waals surface area contributed by atoms with Gasteiger partial charge in [-0.3, -0.25) is 13.8 Å². The number of hydrogen-bond acceptors (Lipinski definition) is 9. The van der Waals surface area contributed by atoms with Crippen LogP contribution in [-0.4, -0.2) is 85.2 Å². The van der Waals surface area contributed by atoms with E-state index in [1.165, 1.54) is 6.08 Å². The van der Waals surface area contributed by atoms with E-state index in [1.807, 2.05) is 0 Å². The van der Waals surface area contributed by atoms with Crippen molar-refractivity contribution in [3.8, 4) is 0 Å². The number of nitrogens with zero attached hydrogens (tertiary/aromatic N) is 1. The number of esters is 1. The van der Waals surface area contributed by atoms with Crippen molar-refractivity contribution in [1.29, 1.82) is 0 Å². The first kappa shape index (κ1) is 34.3. The first-order chi connectivity index (χ1) is 18.5. The first-order valence-corrected chi connectivity index (χ1v) is 14.3. The van der Waals surface area contributed by atoms with Crippen molar-refractivity contribution < 1.29 is 54.4 Å². The Bertz CT molecular complexity index is 1160. The molecule has 12 nitrogen and oxygen atoms in total. The van der Waals surface area contributed by atoms with Gasteiger partial charge in [-0.05, 0) is 39.5 Å². The number of halogens is 3. The highest BCUT2D eigenvalue weighted by atomic mass is 32.2. The number of carbonyl (C=O) groups excluding carboxylic acids is 4. The lowest BCUT2D eigenvalue weighted by molar-refractivity contribution is -0.150. The number of ether oxygens (including phenoxy) is 2. The molecule has 2 fully saturated rings. The number of alkyl carbamates (subject to hydrolysis) is 1. The zero-order chi connectivity index (χ0) is 31.8. The summed E-state index contributed by atoms with van der Waals surface area (Å²) in [6, 6.07) is -2.91. The Morgan fingerprint density at radius 2 is 1.71 bits per heavy atom. The SMILES string of the molecule is C=C[C@H]1C[C@]1(NC(=O)[C@@H]1C[C@@H](OS(=O)(=O)C(F)(F)F)CN1C(=O)[C@@H](NC(=O)OC(C)(C)C)C(C)(C)C)C(=O)OCC. The molecule has 0 aromatic rings. The Kier molecular flexibility index (Phi) is 9.86. The molecule has 0 radical (unpaired) electrons. The maximum absolute atomic E-state index is 13.8. The summed E-state index contributed by atoms with van der Waals surface area (Å²) in [7, 11) is -6.07. The third-order valence-electron chi connectivity index (χ3n) is 6.45. The summed E-state index contributed by atoms with van der Waals surface area (Å²) in [5.41, 5.74) is -9.17. The van der Waals surface area contributed by atoms with Crippen LogP contribution in [0, 0.1) is 11.3 Å². The van der Waals surface area contributed by atoms with E-state index < -0.39 is 93.1 Å². The van der Waals surface area contributed by atoms with Crippen molar-refractivity contribution in [3.05, 3.63) is 12.7 Å². The maximum atomic E-state index is 13.8. The Morgan fingerprint density at radius 1 is 1.12 bits per heavy atom. The fourth-order valence-electron chi connectivity index (χ4n) is 4.40. The van der Waals surface area contributed by atoms with Crippen molar-refractivity contribution in [3.63, 3.8) is 0 Å². The molecule has 16 heteroatoms. The lowest BCUT2D eigenvalue weighted by atomic mass is 9.85.